The molecule has 0 atom stereocenters. The number of fused-ring (bicyclic) bond motifs is 5. The molecule has 1 heterocycles. The molecule has 0 aliphatic heterocycles. The summed E-state index contributed by atoms with van der Waals surface area (Å²) in [5, 5.41) is 5.98. The van der Waals surface area contributed by atoms with E-state index in [9.17, 15) is 0 Å². The summed E-state index contributed by atoms with van der Waals surface area (Å²) in [5.74, 6) is 0. The third kappa shape index (κ3) is 5.11. The first kappa shape index (κ1) is 28.2. The maximum atomic E-state index is 5.05. The lowest BCUT2D eigenvalue weighted by Gasteiger charge is -2.26. The number of hydrogen-bond donors (Lipinski definition) is 0. The molecule has 8 aromatic carbocycles. The number of para-hydroxylation sites is 1. The van der Waals surface area contributed by atoms with Gasteiger partial charge < -0.3 is 4.90 Å². The van der Waals surface area contributed by atoms with Crippen molar-refractivity contribution in [2.24, 2.45) is 0 Å². The molecule has 0 amide bonds. The molecule has 1 aromatic heterocycles. The smallest absolute Gasteiger partial charge is 0.124 e. The largest absolute Gasteiger partial charge is 0.310 e. The van der Waals surface area contributed by atoms with Crippen LogP contribution in [0.5, 0.6) is 0 Å². The summed E-state index contributed by atoms with van der Waals surface area (Å²) < 4.78 is 1.22. The predicted octanol–water partition coefficient (Wildman–Crippen LogP) is 13.1. The maximum Gasteiger partial charge on any atom is 0.124 e. The van der Waals surface area contributed by atoms with E-state index in [0.29, 0.717) is 0 Å². The van der Waals surface area contributed by atoms with Crippen LogP contribution in [0.1, 0.15) is 0 Å². The highest BCUT2D eigenvalue weighted by Gasteiger charge is 2.16. The van der Waals surface area contributed by atoms with Gasteiger partial charge in [-0.05, 0) is 80.9 Å². The Morgan fingerprint density at radius 2 is 0.875 bits per heavy atom. The van der Waals surface area contributed by atoms with Crippen molar-refractivity contribution in [1.29, 1.82) is 0 Å². The van der Waals surface area contributed by atoms with Gasteiger partial charge in [0.25, 0.3) is 0 Å². The summed E-state index contributed by atoms with van der Waals surface area (Å²) in [4.78, 5) is 7.40. The predicted molar refractivity (Wildman–Crippen MR) is 206 cm³/mol. The van der Waals surface area contributed by atoms with Gasteiger partial charge in [-0.3, -0.25) is 0 Å². The molecule has 9 rings (SSSR count). The number of aromatic nitrogens is 1. The highest BCUT2D eigenvalue weighted by atomic mass is 32.1. The lowest BCUT2D eigenvalue weighted by molar-refractivity contribution is 1.29. The Hall–Kier alpha value is -6.03. The summed E-state index contributed by atoms with van der Waals surface area (Å²) in [6.07, 6.45) is 0. The van der Waals surface area contributed by atoms with Gasteiger partial charge in [0.05, 0.1) is 10.2 Å². The van der Waals surface area contributed by atoms with Gasteiger partial charge in [-0.15, -0.1) is 11.3 Å². The molecule has 3 heteroatoms. The third-order valence-corrected chi connectivity index (χ3v) is 10.2. The molecule has 0 unspecified atom stereocenters. The van der Waals surface area contributed by atoms with Crippen LogP contribution in [0.25, 0.3) is 64.6 Å². The van der Waals surface area contributed by atoms with E-state index in [1.807, 2.05) is 0 Å². The van der Waals surface area contributed by atoms with Gasteiger partial charge in [-0.25, -0.2) is 4.98 Å². The van der Waals surface area contributed by atoms with Gasteiger partial charge in [0, 0.05) is 28.0 Å². The van der Waals surface area contributed by atoms with Gasteiger partial charge in [0.2, 0.25) is 0 Å². The van der Waals surface area contributed by atoms with Crippen LogP contribution < -0.4 is 4.90 Å². The maximum absolute atomic E-state index is 5.05. The van der Waals surface area contributed by atoms with Crippen molar-refractivity contribution in [3.05, 3.63) is 182 Å². The number of hydrogen-bond acceptors (Lipinski definition) is 3. The quantitative estimate of drug-likeness (QED) is 0.170. The van der Waals surface area contributed by atoms with Crippen molar-refractivity contribution in [2.45, 2.75) is 0 Å². The van der Waals surface area contributed by atoms with E-state index in [0.717, 1.165) is 33.1 Å². The van der Waals surface area contributed by atoms with Crippen molar-refractivity contribution in [3.63, 3.8) is 0 Å². The van der Waals surface area contributed by atoms with Crippen molar-refractivity contribution in [3.8, 4) is 32.8 Å². The van der Waals surface area contributed by atoms with Crippen LogP contribution >= 0.6 is 11.3 Å². The van der Waals surface area contributed by atoms with Crippen LogP contribution in [-0.2, 0) is 0 Å². The summed E-state index contributed by atoms with van der Waals surface area (Å²) in [6.45, 7) is 0. The molecule has 0 fully saturated rings. The van der Waals surface area contributed by atoms with Crippen LogP contribution in [0.3, 0.4) is 0 Å². The monoisotopic (exact) mass is 630 g/mol. The molecular formula is C45H30N2S. The molecular weight excluding hydrogens is 601 g/mol. The molecule has 9 aromatic rings. The van der Waals surface area contributed by atoms with Gasteiger partial charge in [0.1, 0.15) is 5.01 Å². The molecule has 0 aliphatic carbocycles. The lowest BCUT2D eigenvalue weighted by atomic mass is 9.99. The van der Waals surface area contributed by atoms with Crippen LogP contribution in [0.15, 0.2) is 182 Å². The Morgan fingerprint density at radius 3 is 1.54 bits per heavy atom. The summed E-state index contributed by atoms with van der Waals surface area (Å²) in [7, 11) is 0. The third-order valence-electron chi connectivity index (χ3n) is 9.08. The first-order chi connectivity index (χ1) is 23.8. The van der Waals surface area contributed by atoms with Crippen LogP contribution in [0.2, 0.25) is 0 Å². The second-order valence-corrected chi connectivity index (χ2v) is 13.0. The van der Waals surface area contributed by atoms with Crippen LogP contribution in [0, 0.1) is 0 Å². The lowest BCUT2D eigenvalue weighted by Crippen LogP contribution is -2.09. The molecule has 0 N–H and O–H groups in total. The standard InChI is InChI=1S/C45H30N2S/c1-4-10-31(11-5-1)32-16-18-33(19-17-32)34-22-26-39(27-23-34)47(38-14-8-3-9-15-38)40-28-24-35-20-21-36-25-29-42-44(43(36)41(35)30-40)48-45(46-42)37-12-6-2-7-13-37/h1-30H. The zero-order valence-electron chi connectivity index (χ0n) is 26.1. The average Bonchev–Trinajstić information content (AvgIpc) is 3.61. The molecule has 0 radical (unpaired) electrons. The Kier molecular flexibility index (Phi) is 7.03. The second kappa shape index (κ2) is 12.0. The Bertz CT molecular complexity index is 2520. The van der Waals surface area contributed by atoms with Gasteiger partial charge in [0.15, 0.2) is 0 Å². The van der Waals surface area contributed by atoms with Crippen molar-refractivity contribution in [1.82, 2.24) is 4.98 Å². The van der Waals surface area contributed by atoms with E-state index in [1.54, 1.807) is 11.3 Å². The normalized spacial score (nSPS) is 11.3. The fourth-order valence-corrected chi connectivity index (χ4v) is 7.81. The number of nitrogens with zero attached hydrogens (tertiary/aromatic N) is 2. The molecule has 48 heavy (non-hydrogen) atoms. The SMILES string of the molecule is c1ccc(-c2ccc(-c3ccc(N(c4ccccc4)c4ccc5ccc6ccc7nc(-c8ccccc8)sc7c6c5c4)cc3)cc2)cc1. The molecule has 226 valence electrons. The Labute approximate surface area is 283 Å². The topological polar surface area (TPSA) is 16.1 Å². The zero-order valence-corrected chi connectivity index (χ0v) is 26.9. The van der Waals surface area contributed by atoms with Crippen molar-refractivity contribution in [2.75, 3.05) is 4.90 Å². The van der Waals surface area contributed by atoms with Gasteiger partial charge >= 0.3 is 0 Å². The second-order valence-electron chi connectivity index (χ2n) is 12.0. The number of anilines is 3. The molecule has 0 bridgehead atoms. The molecule has 0 spiro atoms. The molecule has 0 saturated heterocycles. The Morgan fingerprint density at radius 1 is 0.396 bits per heavy atom. The summed E-state index contributed by atoms with van der Waals surface area (Å²) >= 11 is 1.78. The summed E-state index contributed by atoms with van der Waals surface area (Å²) in [5.41, 5.74) is 10.4. The van der Waals surface area contributed by atoms with E-state index in [1.165, 1.54) is 48.5 Å². The number of thiazole rings is 1. The van der Waals surface area contributed by atoms with E-state index < -0.39 is 0 Å². The molecule has 0 saturated carbocycles. The minimum atomic E-state index is 1.04. The van der Waals surface area contributed by atoms with Crippen molar-refractivity contribution >= 4 is 60.2 Å². The van der Waals surface area contributed by atoms with Gasteiger partial charge in [-0.2, -0.15) is 0 Å². The molecule has 0 aliphatic rings. The van der Waals surface area contributed by atoms with E-state index in [4.69, 9.17) is 4.98 Å². The van der Waals surface area contributed by atoms with Gasteiger partial charge in [-0.1, -0.05) is 140 Å². The minimum absolute atomic E-state index is 1.04. The molecule has 2 nitrogen and oxygen atoms in total. The first-order valence-corrected chi connectivity index (χ1v) is 17.0. The Balaban J connectivity index is 1.14. The van der Waals surface area contributed by atoms with E-state index in [-0.39, 0.29) is 0 Å². The summed E-state index contributed by atoms with van der Waals surface area (Å²) in [6, 6.07) is 65.1. The average molecular weight is 631 g/mol. The van der Waals surface area contributed by atoms with Crippen LogP contribution in [-0.4, -0.2) is 4.98 Å². The highest BCUT2D eigenvalue weighted by molar-refractivity contribution is 7.22. The van der Waals surface area contributed by atoms with E-state index in [2.05, 4.69) is 187 Å². The zero-order chi connectivity index (χ0) is 31.9. The first-order valence-electron chi connectivity index (χ1n) is 16.2. The van der Waals surface area contributed by atoms with E-state index >= 15 is 0 Å². The number of benzene rings is 8. The fourth-order valence-electron chi connectivity index (χ4n) is 6.67. The highest BCUT2D eigenvalue weighted by Crippen LogP contribution is 2.42. The fraction of sp³-hybridized carbons (Fsp3) is 0. The minimum Gasteiger partial charge on any atom is -0.310 e. The van der Waals surface area contributed by atoms with Crippen LogP contribution in [0.4, 0.5) is 17.1 Å². The van der Waals surface area contributed by atoms with Crippen molar-refractivity contribution < 1.29 is 0 Å². The number of rotatable bonds is 6.